The lowest BCUT2D eigenvalue weighted by atomic mass is 9.90. The van der Waals surface area contributed by atoms with Crippen LogP contribution < -0.4 is 43.0 Å². The molecule has 0 aromatic carbocycles. The molecule has 0 aliphatic carbocycles. The highest BCUT2D eigenvalue weighted by Crippen LogP contribution is 2.41. The van der Waals surface area contributed by atoms with Crippen LogP contribution in [0.4, 0.5) is 9.59 Å². The van der Waals surface area contributed by atoms with Crippen LogP contribution in [0.25, 0.3) is 0 Å². The van der Waals surface area contributed by atoms with Gasteiger partial charge < -0.3 is 243 Å². The molecule has 50 atom stereocenters. The molecule has 10 rings (SSSR count). The number of hydrogen-bond acceptors (Lipinski definition) is 53. The topological polar surface area (TPSA) is 926 Å². The van der Waals surface area contributed by atoms with Crippen molar-refractivity contribution in [1.82, 2.24) is 43.0 Å². The number of methoxy groups -OCH3 is 2. The molecule has 20 unspecified atom stereocenters. The van der Waals surface area contributed by atoms with Crippen molar-refractivity contribution in [3.63, 3.8) is 0 Å². The zero-order valence-corrected chi connectivity index (χ0v) is 73.1. The number of amides is 8. The number of hydrogen-bond donors (Lipinski definition) is 31. The summed E-state index contributed by atoms with van der Waals surface area (Å²) in [5.74, 6) is -10.9. The van der Waals surface area contributed by atoms with Crippen molar-refractivity contribution in [3.8, 4) is 0 Å². The van der Waals surface area contributed by atoms with E-state index in [0.717, 1.165) is 41.9 Å². The molecule has 0 spiro atoms. The van der Waals surface area contributed by atoms with Gasteiger partial charge in [0.2, 0.25) is 23.6 Å². The normalized spacial score (nSPS) is 45.5. The lowest BCUT2D eigenvalue weighted by Crippen LogP contribution is -2.71. The van der Waals surface area contributed by atoms with E-state index in [2.05, 4.69) is 21.3 Å². The Morgan fingerprint density at radius 1 is 0.287 bits per heavy atom. The van der Waals surface area contributed by atoms with E-state index in [9.17, 15) is 165 Å². The maximum Gasteiger partial charge on any atom is 0.426 e. The van der Waals surface area contributed by atoms with Crippen molar-refractivity contribution < 1.29 is 265 Å². The number of carboxylic acid groups (broad SMARTS) is 1. The van der Waals surface area contributed by atoms with Crippen LogP contribution in [0.2, 0.25) is 0 Å². The summed E-state index contributed by atoms with van der Waals surface area (Å²) in [6.45, 7) is -0.303. The van der Waals surface area contributed by atoms with Crippen LogP contribution in [-0.2, 0) is 138 Å². The predicted molar refractivity (Wildman–Crippen MR) is 415 cm³/mol. The number of aldehydes is 1. The Balaban J connectivity index is 0.824. The molecule has 0 aromatic rings. The van der Waals surface area contributed by atoms with Crippen LogP contribution in [0.5, 0.6) is 0 Å². The van der Waals surface area contributed by atoms with Gasteiger partial charge >= 0.3 is 18.2 Å². The van der Waals surface area contributed by atoms with E-state index < -0.39 is 400 Å². The van der Waals surface area contributed by atoms with E-state index in [1.54, 1.807) is 10.9 Å². The highest BCUT2D eigenvalue weighted by atomic mass is 16.8. The molecule has 10 aliphatic rings. The van der Waals surface area contributed by atoms with Gasteiger partial charge in [-0.1, -0.05) is 13.8 Å². The van der Waals surface area contributed by atoms with Crippen molar-refractivity contribution in [2.75, 3.05) is 53.9 Å². The molecular weight excluding hydrogens is 1860 g/mol. The second-order valence-electron chi connectivity index (χ2n) is 33.3. The summed E-state index contributed by atoms with van der Waals surface area (Å²) in [7, 11) is 2.16. The molecule has 62 heteroatoms. The van der Waals surface area contributed by atoms with Gasteiger partial charge in [0, 0.05) is 53.8 Å². The van der Waals surface area contributed by atoms with E-state index in [1.807, 2.05) is 10.9 Å². The SMILES string of the molecule is CO[C@@H]1OC(CO)[C@@H](O)[C@H](OC2OC(C(=O)NNC(=O)OCC3O[C@H](O[C@H]4OC(COC(=O)NNC(=O)C5O[C@@H](O[C@@H]6C(NC(C)=O)[C@H](OC)OC(CO)[C@H]6O)C(O)[C@@H](O)[C@@H]5O[C@@H]5OC(CO)[C@@H](O)[C@H](O[C@@H]6OC(C(=O)O)[C@@H](C)[C@H](O)C6O)C5NC(C)=O)[C@@H](O)[C@H](O)C4O)C(O)[C@@H](O)[C@@H]3O)[C@@H](O[C@@H]3OC(CO)[C@@H](O)[C@H](O[C@@H]4OC(C=O)[C@@H](C)[C@H](O)C4O)C3NC(C)=O)[C@H](O)[C@@H]2O)C1NC(C)=O. The Hall–Kier alpha value is -7.14. The Morgan fingerprint density at radius 3 is 0.853 bits per heavy atom. The molecule has 0 saturated carbocycles. The van der Waals surface area contributed by atoms with Crippen molar-refractivity contribution in [3.05, 3.63) is 0 Å². The first-order chi connectivity index (χ1) is 64.2. The first-order valence-electron chi connectivity index (χ1n) is 42.3. The number of aliphatic hydroxyl groups is 22. The molecule has 10 saturated heterocycles. The quantitative estimate of drug-likeness (QED) is 0.0220. The first-order valence-corrected chi connectivity index (χ1v) is 42.3. The van der Waals surface area contributed by atoms with Crippen LogP contribution in [-0.4, -0.2) is 526 Å². The molecule has 8 amide bonds. The lowest BCUT2D eigenvalue weighted by Gasteiger charge is -2.50. The number of carbonyl (C=O) groups is 10. The molecule has 0 aromatic heterocycles. The molecule has 0 radical (unpaired) electrons. The van der Waals surface area contributed by atoms with Gasteiger partial charge in [-0.3, -0.25) is 39.6 Å². The number of aliphatic hydroxyl groups excluding tert-OH is 22. The summed E-state index contributed by atoms with van der Waals surface area (Å²) < 4.78 is 119. The molecule has 62 nitrogen and oxygen atoms in total. The largest absolute Gasteiger partial charge is 0.479 e. The van der Waals surface area contributed by atoms with Crippen molar-refractivity contribution >= 4 is 59.9 Å². The van der Waals surface area contributed by atoms with Gasteiger partial charge in [-0.2, -0.15) is 0 Å². The summed E-state index contributed by atoms with van der Waals surface area (Å²) in [4.78, 5) is 132. The minimum absolute atomic E-state index is 0.261. The van der Waals surface area contributed by atoms with Gasteiger partial charge in [0.05, 0.1) is 38.6 Å². The highest BCUT2D eigenvalue weighted by molar-refractivity contribution is 5.84. The van der Waals surface area contributed by atoms with Gasteiger partial charge in [0.1, 0.15) is 221 Å². The minimum atomic E-state index is -2.57. The number of carbonyl (C=O) groups excluding carboxylic acids is 9. The lowest BCUT2D eigenvalue weighted by molar-refractivity contribution is -0.376. The monoisotopic (exact) mass is 1980 g/mol. The summed E-state index contributed by atoms with van der Waals surface area (Å²) >= 11 is 0. The minimum Gasteiger partial charge on any atom is -0.479 e. The fraction of sp³-hybridized carbons (Fsp3) is 0.865. The number of ether oxygens (including phenoxy) is 21. The van der Waals surface area contributed by atoms with E-state index in [1.165, 1.54) is 13.8 Å². The highest BCUT2D eigenvalue weighted by Gasteiger charge is 2.62. The van der Waals surface area contributed by atoms with Crippen molar-refractivity contribution in [1.29, 1.82) is 0 Å². The van der Waals surface area contributed by atoms with Gasteiger partial charge in [-0.15, -0.1) is 0 Å². The predicted octanol–water partition coefficient (Wildman–Crippen LogP) is -20.6. The summed E-state index contributed by atoms with van der Waals surface area (Å²) in [5.41, 5.74) is 7.17. The van der Waals surface area contributed by atoms with Gasteiger partial charge in [0.15, 0.2) is 81.2 Å². The average Bonchev–Trinajstić information content (AvgIpc) is 0.769. The molecule has 778 valence electrons. The summed E-state index contributed by atoms with van der Waals surface area (Å²) in [6.07, 6.45) is -96.7. The smallest absolute Gasteiger partial charge is 0.426 e. The second kappa shape index (κ2) is 48.6. The van der Waals surface area contributed by atoms with Crippen molar-refractivity contribution in [2.24, 2.45) is 11.8 Å². The molecule has 31 N–H and O–H groups in total. The Labute approximate surface area is 767 Å². The van der Waals surface area contributed by atoms with E-state index in [-0.39, 0.29) is 6.29 Å². The molecule has 0 bridgehead atoms. The summed E-state index contributed by atoms with van der Waals surface area (Å²) in [5, 5.41) is 265. The Bertz CT molecular complexity index is 3940. The standard InChI is InChI=1S/C74H118N8O54/c1-16-22(9-83)120-67(45(104)33(16)92)128-54-31(77-20(5)90)65(123-25(12-86)39(54)98)132-56-43(102)49(108)71(129-52-29(75-18(3)88)63(116-7)121-23(10-84)37(52)96)134-58(56)60(110)79-81-73(114)118-14-27-35(94)41(100)47(106)68(125-27)136-69-48(107)42(101)36(95)28(126-69)15-119-74(115)82-80-61(111)59-57(44(103)50(109)72(135-59)130-53-30(76-19(4)89)64(117-8)122-24(11-85)38(53)97)133-66-32(78-21(6)91)55(40(99)26(13-87)124-66)131-70-46(105)34(93)17(2)51(127-70)62(112)113/h9,16-17,22-59,63-72,84-87,92-109H,10-15H2,1-8H3,(H,75,88)(H,76,89)(H,77,90)(H,78,91)(H,79,110)(H,80,111)(H,81,114)(H,82,115)(H,112,113)/t16-,17+,22?,23?,24?,25?,26?,27?,28?,29?,30?,31?,32?,33+,34+,35-,36-,37-,38-,39-,40-,41+,42+,43-,44-,45?,46?,47?,48?,49+,50?,51?,52-,53-,54-,55-,56+,57+,58?,59?,63-,64-,65+,66+,67+,68-,69-,70+,71?,72-/m1/s1. The van der Waals surface area contributed by atoms with E-state index in [0.29, 0.717) is 0 Å². The van der Waals surface area contributed by atoms with E-state index in [4.69, 9.17) is 99.5 Å². The molecule has 10 heterocycles. The van der Waals surface area contributed by atoms with Crippen LogP contribution in [0, 0.1) is 11.8 Å². The Kier molecular flexibility index (Phi) is 39.6. The second-order valence-corrected chi connectivity index (χ2v) is 33.3. The number of rotatable bonds is 32. The molecule has 136 heavy (non-hydrogen) atoms. The number of carboxylic acids is 1. The molecular formula is C74H118N8O54. The third-order valence-electron chi connectivity index (χ3n) is 23.9. The fourth-order valence-corrected chi connectivity index (χ4v) is 16.6. The maximum absolute atomic E-state index is 14.6. The number of aliphatic carboxylic acids is 1. The van der Waals surface area contributed by atoms with Gasteiger partial charge in [-0.25, -0.2) is 25.2 Å². The van der Waals surface area contributed by atoms with Gasteiger partial charge in [0.25, 0.3) is 11.8 Å². The summed E-state index contributed by atoms with van der Waals surface area (Å²) in [6, 6.07) is -7.07. The maximum atomic E-state index is 14.6. The van der Waals surface area contributed by atoms with Crippen molar-refractivity contribution in [2.45, 2.75) is 336 Å². The molecule has 10 fully saturated rings. The zero-order valence-electron chi connectivity index (χ0n) is 73.1. The average molecular weight is 1980 g/mol. The Morgan fingerprint density at radius 2 is 0.551 bits per heavy atom. The van der Waals surface area contributed by atoms with E-state index >= 15 is 0 Å². The van der Waals surface area contributed by atoms with Crippen LogP contribution in [0.15, 0.2) is 0 Å². The van der Waals surface area contributed by atoms with Crippen LogP contribution in [0.3, 0.4) is 0 Å². The van der Waals surface area contributed by atoms with Crippen LogP contribution in [0.1, 0.15) is 41.5 Å². The third-order valence-corrected chi connectivity index (χ3v) is 23.9. The number of nitrogens with one attached hydrogen (secondary N) is 8. The zero-order chi connectivity index (χ0) is 101. The fourth-order valence-electron chi connectivity index (χ4n) is 16.6. The van der Waals surface area contributed by atoms with Gasteiger partial charge in [-0.05, 0) is 0 Å². The molecule has 10 aliphatic heterocycles. The first kappa shape index (κ1) is 111. The van der Waals surface area contributed by atoms with Crippen LogP contribution >= 0.6 is 0 Å². The third kappa shape index (κ3) is 25.1. The number of hydrazine groups is 2.